The number of benzene rings is 2. The SMILES string of the molecule is CC(C)n1c2c(c3c4c(ccc31)C1C=CC=CC1O4)C=CC1c3ccccc3OC21. The number of aromatic nitrogens is 1. The second kappa shape index (κ2) is 5.69. The van der Waals surface area contributed by atoms with Crippen LogP contribution in [0.2, 0.25) is 0 Å². The van der Waals surface area contributed by atoms with E-state index in [0.717, 1.165) is 11.5 Å². The van der Waals surface area contributed by atoms with E-state index in [1.165, 1.54) is 33.3 Å². The number of hydrogen-bond acceptors (Lipinski definition) is 2. The quantitative estimate of drug-likeness (QED) is 0.475. The number of ether oxygens (including phenoxy) is 2. The molecule has 0 saturated carbocycles. The second-order valence-corrected chi connectivity index (χ2v) is 8.98. The summed E-state index contributed by atoms with van der Waals surface area (Å²) in [5.74, 6) is 2.62. The summed E-state index contributed by atoms with van der Waals surface area (Å²) in [6, 6.07) is 13.3. The maximum absolute atomic E-state index is 6.54. The molecule has 0 amide bonds. The minimum Gasteiger partial charge on any atom is -0.484 e. The molecule has 7 rings (SSSR count). The Kier molecular flexibility index (Phi) is 3.15. The Balaban J connectivity index is 1.50. The smallest absolute Gasteiger partial charge is 0.150 e. The largest absolute Gasteiger partial charge is 0.484 e. The van der Waals surface area contributed by atoms with Crippen LogP contribution >= 0.6 is 0 Å². The topological polar surface area (TPSA) is 23.4 Å². The van der Waals surface area contributed by atoms with Gasteiger partial charge in [0.1, 0.15) is 23.7 Å². The summed E-state index contributed by atoms with van der Waals surface area (Å²) in [5, 5.41) is 1.24. The molecule has 0 N–H and O–H groups in total. The lowest BCUT2D eigenvalue weighted by molar-refractivity contribution is 0.211. The van der Waals surface area contributed by atoms with Crippen molar-refractivity contribution in [3.05, 3.63) is 89.2 Å². The van der Waals surface area contributed by atoms with Crippen LogP contribution in [0.1, 0.15) is 60.2 Å². The molecular weight excluding hydrogens is 370 g/mol. The minimum absolute atomic E-state index is 0.0105. The fraction of sp³-hybridized carbons (Fsp3) is 0.259. The monoisotopic (exact) mass is 393 g/mol. The zero-order valence-corrected chi connectivity index (χ0v) is 17.1. The second-order valence-electron chi connectivity index (χ2n) is 8.98. The van der Waals surface area contributed by atoms with Crippen molar-refractivity contribution in [2.75, 3.05) is 0 Å². The number of fused-ring (bicyclic) bond motifs is 11. The van der Waals surface area contributed by atoms with E-state index in [4.69, 9.17) is 9.47 Å². The molecule has 3 heteroatoms. The fourth-order valence-corrected chi connectivity index (χ4v) is 5.82. The molecule has 0 fully saturated rings. The fourth-order valence-electron chi connectivity index (χ4n) is 5.82. The van der Waals surface area contributed by atoms with Crippen LogP contribution in [0, 0.1) is 0 Å². The van der Waals surface area contributed by atoms with E-state index in [1.807, 2.05) is 0 Å². The Hall–Kier alpha value is -3.20. The summed E-state index contributed by atoms with van der Waals surface area (Å²) in [5.41, 5.74) is 6.36. The summed E-state index contributed by atoms with van der Waals surface area (Å²) in [6.07, 6.45) is 13.4. The summed E-state index contributed by atoms with van der Waals surface area (Å²) >= 11 is 0. The van der Waals surface area contributed by atoms with Gasteiger partial charge in [-0.15, -0.1) is 0 Å². The van der Waals surface area contributed by atoms with Gasteiger partial charge in [-0.2, -0.15) is 0 Å². The molecule has 0 saturated heterocycles. The summed E-state index contributed by atoms with van der Waals surface area (Å²) in [4.78, 5) is 0. The van der Waals surface area contributed by atoms with Gasteiger partial charge < -0.3 is 14.0 Å². The molecular formula is C27H23NO2. The van der Waals surface area contributed by atoms with E-state index in [0.29, 0.717) is 12.0 Å². The highest BCUT2D eigenvalue weighted by atomic mass is 16.5. The molecule has 3 heterocycles. The van der Waals surface area contributed by atoms with Crippen molar-refractivity contribution in [1.82, 2.24) is 4.57 Å². The number of hydrogen-bond donors (Lipinski definition) is 0. The van der Waals surface area contributed by atoms with Gasteiger partial charge in [0.2, 0.25) is 0 Å². The molecule has 3 nitrogen and oxygen atoms in total. The number of rotatable bonds is 1. The van der Waals surface area contributed by atoms with Gasteiger partial charge in [-0.3, -0.25) is 0 Å². The maximum atomic E-state index is 6.54. The lowest BCUT2D eigenvalue weighted by atomic mass is 9.86. The normalized spacial score (nSPS) is 26.8. The molecule has 4 atom stereocenters. The predicted molar refractivity (Wildman–Crippen MR) is 119 cm³/mol. The van der Waals surface area contributed by atoms with Crippen molar-refractivity contribution in [3.63, 3.8) is 0 Å². The Morgan fingerprint density at radius 2 is 1.73 bits per heavy atom. The molecule has 2 aliphatic carbocycles. The maximum Gasteiger partial charge on any atom is 0.150 e. The zero-order chi connectivity index (χ0) is 20.0. The van der Waals surface area contributed by atoms with Crippen molar-refractivity contribution in [1.29, 1.82) is 0 Å². The number of para-hydroxylation sites is 1. The first-order valence-electron chi connectivity index (χ1n) is 10.9. The molecule has 4 unspecified atom stereocenters. The van der Waals surface area contributed by atoms with Gasteiger partial charge in [0.15, 0.2) is 0 Å². The predicted octanol–water partition coefficient (Wildman–Crippen LogP) is 6.44. The van der Waals surface area contributed by atoms with Gasteiger partial charge >= 0.3 is 0 Å². The molecule has 1 aromatic heterocycles. The molecule has 4 aliphatic rings. The van der Waals surface area contributed by atoms with Gasteiger partial charge in [-0.1, -0.05) is 54.6 Å². The van der Waals surface area contributed by atoms with Crippen LogP contribution in [0.5, 0.6) is 11.5 Å². The van der Waals surface area contributed by atoms with Crippen LogP contribution in [0.25, 0.3) is 17.0 Å². The Morgan fingerprint density at radius 3 is 2.63 bits per heavy atom. The third-order valence-corrected chi connectivity index (χ3v) is 7.04. The van der Waals surface area contributed by atoms with Crippen LogP contribution in [0.4, 0.5) is 0 Å². The van der Waals surface area contributed by atoms with Crippen LogP contribution in [0.15, 0.2) is 66.8 Å². The highest BCUT2D eigenvalue weighted by Crippen LogP contribution is 2.55. The van der Waals surface area contributed by atoms with Crippen molar-refractivity contribution < 1.29 is 9.47 Å². The summed E-state index contributed by atoms with van der Waals surface area (Å²) in [7, 11) is 0. The average Bonchev–Trinajstić information content (AvgIpc) is 3.42. The minimum atomic E-state index is 0.0105. The van der Waals surface area contributed by atoms with E-state index in [9.17, 15) is 0 Å². The van der Waals surface area contributed by atoms with Gasteiger partial charge in [0, 0.05) is 40.0 Å². The molecule has 2 aliphatic heterocycles. The zero-order valence-electron chi connectivity index (χ0n) is 17.1. The highest BCUT2D eigenvalue weighted by Gasteiger charge is 2.42. The van der Waals surface area contributed by atoms with Crippen LogP contribution in [0.3, 0.4) is 0 Å². The van der Waals surface area contributed by atoms with E-state index in [-0.39, 0.29) is 18.1 Å². The van der Waals surface area contributed by atoms with E-state index in [1.54, 1.807) is 0 Å². The van der Waals surface area contributed by atoms with Gasteiger partial charge in [-0.05, 0) is 32.1 Å². The first-order valence-corrected chi connectivity index (χ1v) is 10.9. The molecule has 3 aromatic rings. The highest BCUT2D eigenvalue weighted by molar-refractivity contribution is 5.99. The van der Waals surface area contributed by atoms with Gasteiger partial charge in [0.25, 0.3) is 0 Å². The molecule has 0 radical (unpaired) electrons. The average molecular weight is 393 g/mol. The standard InChI is InChI=1S/C27H23NO2/c1-15(2)28-21-14-13-18-16-7-3-5-9-22(16)29-26(18)24(21)20-12-11-19-17-8-4-6-10-23(17)30-27(19)25(20)28/h3-16,19,22,27H,1-2H3. The summed E-state index contributed by atoms with van der Waals surface area (Å²) in [6.45, 7) is 4.52. The van der Waals surface area contributed by atoms with E-state index in [2.05, 4.69) is 91.3 Å². The number of nitrogens with zero attached hydrogens (tertiary/aromatic N) is 1. The van der Waals surface area contributed by atoms with Crippen LogP contribution < -0.4 is 9.47 Å². The van der Waals surface area contributed by atoms with Crippen LogP contribution in [-0.2, 0) is 0 Å². The molecule has 148 valence electrons. The molecule has 30 heavy (non-hydrogen) atoms. The third kappa shape index (κ3) is 1.95. The van der Waals surface area contributed by atoms with Crippen molar-refractivity contribution in [2.45, 2.75) is 43.9 Å². The lowest BCUT2D eigenvalue weighted by Gasteiger charge is -2.25. The Labute approximate surface area is 175 Å². The first kappa shape index (κ1) is 16.6. The molecule has 0 bridgehead atoms. The molecule has 2 aromatic carbocycles. The van der Waals surface area contributed by atoms with Crippen LogP contribution in [-0.4, -0.2) is 10.7 Å². The van der Waals surface area contributed by atoms with Crippen molar-refractivity contribution in [3.8, 4) is 11.5 Å². The van der Waals surface area contributed by atoms with Gasteiger partial charge in [-0.25, -0.2) is 0 Å². The van der Waals surface area contributed by atoms with E-state index >= 15 is 0 Å². The Bertz CT molecular complexity index is 1310. The van der Waals surface area contributed by atoms with Crippen molar-refractivity contribution >= 4 is 17.0 Å². The summed E-state index contributed by atoms with van der Waals surface area (Å²) < 4.78 is 15.5. The molecule has 0 spiro atoms. The van der Waals surface area contributed by atoms with Crippen molar-refractivity contribution in [2.24, 2.45) is 0 Å². The third-order valence-electron chi connectivity index (χ3n) is 7.04. The number of allylic oxidation sites excluding steroid dienone is 2. The lowest BCUT2D eigenvalue weighted by Crippen LogP contribution is -2.18. The van der Waals surface area contributed by atoms with Gasteiger partial charge in [0.05, 0.1) is 11.2 Å². The van der Waals surface area contributed by atoms with E-state index < -0.39 is 0 Å². The first-order chi connectivity index (χ1) is 14.7. The Morgan fingerprint density at radius 1 is 0.867 bits per heavy atom.